The van der Waals surface area contributed by atoms with Gasteiger partial charge in [-0.3, -0.25) is 0 Å². The van der Waals surface area contributed by atoms with E-state index in [-0.39, 0.29) is 23.8 Å². The number of hydrogen-bond donors (Lipinski definition) is 1. The van der Waals surface area contributed by atoms with E-state index in [0.29, 0.717) is 0 Å². The molecule has 1 aromatic carbocycles. The van der Waals surface area contributed by atoms with Gasteiger partial charge < -0.3 is 14.7 Å². The van der Waals surface area contributed by atoms with Crippen molar-refractivity contribution in [3.8, 4) is 0 Å². The SMILES string of the molecule is Cc1ccc([C@H](C)N2CCC3(CCC(O)CC3)OC2=O)cc1. The highest BCUT2D eigenvalue weighted by atomic mass is 16.6. The van der Waals surface area contributed by atoms with Crippen LogP contribution in [0.5, 0.6) is 0 Å². The van der Waals surface area contributed by atoms with Gasteiger partial charge in [-0.25, -0.2) is 4.79 Å². The van der Waals surface area contributed by atoms with Crippen LogP contribution in [0.15, 0.2) is 24.3 Å². The summed E-state index contributed by atoms with van der Waals surface area (Å²) in [5.74, 6) is 0. The minimum absolute atomic E-state index is 0.0274. The monoisotopic (exact) mass is 303 g/mol. The van der Waals surface area contributed by atoms with Crippen LogP contribution < -0.4 is 0 Å². The lowest BCUT2D eigenvalue weighted by molar-refractivity contribution is -0.0908. The first-order valence-electron chi connectivity index (χ1n) is 8.23. The maximum Gasteiger partial charge on any atom is 0.410 e. The van der Waals surface area contributed by atoms with Gasteiger partial charge in [-0.05, 0) is 45.1 Å². The molecule has 1 aromatic rings. The van der Waals surface area contributed by atoms with Crippen LogP contribution in [0.2, 0.25) is 0 Å². The van der Waals surface area contributed by atoms with Crippen molar-refractivity contribution in [3.63, 3.8) is 0 Å². The first-order chi connectivity index (χ1) is 10.5. The first-order valence-corrected chi connectivity index (χ1v) is 8.23. The van der Waals surface area contributed by atoms with Crippen molar-refractivity contribution in [2.24, 2.45) is 0 Å². The molecule has 1 amide bonds. The molecule has 2 fully saturated rings. The van der Waals surface area contributed by atoms with Crippen molar-refractivity contribution in [3.05, 3.63) is 35.4 Å². The van der Waals surface area contributed by atoms with Gasteiger partial charge in [0.1, 0.15) is 5.60 Å². The fourth-order valence-corrected chi connectivity index (χ4v) is 3.57. The van der Waals surface area contributed by atoms with E-state index in [1.165, 1.54) is 5.56 Å². The standard InChI is InChI=1S/C18H25NO3/c1-13-3-5-15(6-4-13)14(2)19-12-11-18(22-17(19)21)9-7-16(20)8-10-18/h3-6,14,16,20H,7-12H2,1-2H3/t14-,16?,18?/m0/s1. The summed E-state index contributed by atoms with van der Waals surface area (Å²) in [4.78, 5) is 14.3. The van der Waals surface area contributed by atoms with Crippen LogP contribution in [0.4, 0.5) is 4.79 Å². The topological polar surface area (TPSA) is 49.8 Å². The molecule has 0 bridgehead atoms. The zero-order chi connectivity index (χ0) is 15.7. The van der Waals surface area contributed by atoms with Crippen LogP contribution in [-0.2, 0) is 4.74 Å². The second-order valence-corrected chi connectivity index (χ2v) is 6.81. The van der Waals surface area contributed by atoms with Crippen molar-refractivity contribution in [2.75, 3.05) is 6.54 Å². The lowest BCUT2D eigenvalue weighted by atomic mass is 9.80. The van der Waals surface area contributed by atoms with E-state index in [1.54, 1.807) is 0 Å². The van der Waals surface area contributed by atoms with E-state index in [0.717, 1.165) is 44.2 Å². The third-order valence-electron chi connectivity index (χ3n) is 5.24. The molecule has 1 N–H and O–H groups in total. The maximum atomic E-state index is 12.5. The zero-order valence-electron chi connectivity index (χ0n) is 13.4. The molecule has 1 saturated heterocycles. The molecule has 3 rings (SSSR count). The molecule has 0 radical (unpaired) electrons. The molecule has 120 valence electrons. The third kappa shape index (κ3) is 2.98. The Hall–Kier alpha value is -1.55. The number of amides is 1. The van der Waals surface area contributed by atoms with E-state index in [1.807, 2.05) is 4.90 Å². The summed E-state index contributed by atoms with van der Waals surface area (Å²) < 4.78 is 5.82. The number of benzene rings is 1. The van der Waals surface area contributed by atoms with Crippen molar-refractivity contribution in [1.29, 1.82) is 0 Å². The van der Waals surface area contributed by atoms with Crippen molar-refractivity contribution in [2.45, 2.75) is 63.7 Å². The van der Waals surface area contributed by atoms with E-state index in [9.17, 15) is 9.90 Å². The number of aliphatic hydroxyl groups is 1. The van der Waals surface area contributed by atoms with Gasteiger partial charge in [0.25, 0.3) is 0 Å². The summed E-state index contributed by atoms with van der Waals surface area (Å²) in [5, 5.41) is 9.65. The van der Waals surface area contributed by atoms with Gasteiger partial charge in [0.05, 0.1) is 12.1 Å². The van der Waals surface area contributed by atoms with E-state index in [4.69, 9.17) is 4.74 Å². The highest BCUT2D eigenvalue weighted by Gasteiger charge is 2.44. The molecular formula is C18H25NO3. The second kappa shape index (κ2) is 5.92. The van der Waals surface area contributed by atoms with Crippen LogP contribution in [0.25, 0.3) is 0 Å². The highest BCUT2D eigenvalue weighted by molar-refractivity contribution is 5.69. The predicted octanol–water partition coefficient (Wildman–Crippen LogP) is 3.57. The number of aryl methyl sites for hydroxylation is 1. The first kappa shape index (κ1) is 15.3. The fraction of sp³-hybridized carbons (Fsp3) is 0.611. The molecule has 1 saturated carbocycles. The molecule has 1 aliphatic heterocycles. The molecule has 4 heteroatoms. The Balaban J connectivity index is 1.68. The van der Waals surface area contributed by atoms with Gasteiger partial charge >= 0.3 is 6.09 Å². The molecular weight excluding hydrogens is 278 g/mol. The number of aliphatic hydroxyl groups excluding tert-OH is 1. The Morgan fingerprint density at radius 3 is 2.45 bits per heavy atom. The van der Waals surface area contributed by atoms with Crippen molar-refractivity contribution >= 4 is 6.09 Å². The van der Waals surface area contributed by atoms with Crippen LogP contribution in [0, 0.1) is 6.92 Å². The number of carbonyl (C=O) groups is 1. The lowest BCUT2D eigenvalue weighted by Crippen LogP contribution is -2.52. The molecule has 1 atom stereocenters. The summed E-state index contributed by atoms with van der Waals surface area (Å²) in [7, 11) is 0. The summed E-state index contributed by atoms with van der Waals surface area (Å²) in [6.45, 7) is 4.84. The number of ether oxygens (including phenoxy) is 1. The lowest BCUT2D eigenvalue weighted by Gasteiger charge is -2.45. The van der Waals surface area contributed by atoms with Crippen molar-refractivity contribution < 1.29 is 14.6 Å². The smallest absolute Gasteiger partial charge is 0.410 e. The number of rotatable bonds is 2. The van der Waals surface area contributed by atoms with Gasteiger partial charge in [0.15, 0.2) is 0 Å². The number of nitrogens with zero attached hydrogens (tertiary/aromatic N) is 1. The number of carbonyl (C=O) groups excluding carboxylic acids is 1. The Bertz CT molecular complexity index is 532. The molecule has 0 unspecified atom stereocenters. The minimum Gasteiger partial charge on any atom is -0.443 e. The van der Waals surface area contributed by atoms with Gasteiger partial charge in [0, 0.05) is 13.0 Å². The molecule has 1 aliphatic carbocycles. The van der Waals surface area contributed by atoms with Gasteiger partial charge in [-0.2, -0.15) is 0 Å². The van der Waals surface area contributed by atoms with E-state index >= 15 is 0 Å². The summed E-state index contributed by atoms with van der Waals surface area (Å²) >= 11 is 0. The molecule has 22 heavy (non-hydrogen) atoms. The molecule has 1 heterocycles. The van der Waals surface area contributed by atoms with Crippen LogP contribution in [0.3, 0.4) is 0 Å². The maximum absolute atomic E-state index is 12.5. The predicted molar refractivity (Wildman–Crippen MR) is 84.6 cm³/mol. The molecule has 1 spiro atoms. The van der Waals surface area contributed by atoms with Crippen molar-refractivity contribution in [1.82, 2.24) is 4.90 Å². The quantitative estimate of drug-likeness (QED) is 0.908. The van der Waals surface area contributed by atoms with Gasteiger partial charge in [-0.15, -0.1) is 0 Å². The molecule has 2 aliphatic rings. The van der Waals surface area contributed by atoms with Crippen LogP contribution >= 0.6 is 0 Å². The Labute approximate surface area is 132 Å². The average molecular weight is 303 g/mol. The summed E-state index contributed by atoms with van der Waals surface area (Å²) in [6.07, 6.45) is 3.47. The summed E-state index contributed by atoms with van der Waals surface area (Å²) in [5.41, 5.74) is 2.02. The van der Waals surface area contributed by atoms with E-state index in [2.05, 4.69) is 38.1 Å². The average Bonchev–Trinajstić information content (AvgIpc) is 2.51. The van der Waals surface area contributed by atoms with E-state index < -0.39 is 0 Å². The van der Waals surface area contributed by atoms with Gasteiger partial charge in [-0.1, -0.05) is 29.8 Å². The largest absolute Gasteiger partial charge is 0.443 e. The normalized spacial score (nSPS) is 30.2. The molecule has 0 aromatic heterocycles. The Kier molecular flexibility index (Phi) is 4.13. The number of hydrogen-bond acceptors (Lipinski definition) is 3. The van der Waals surface area contributed by atoms with Crippen LogP contribution in [0.1, 0.15) is 56.2 Å². The third-order valence-corrected chi connectivity index (χ3v) is 5.24. The second-order valence-electron chi connectivity index (χ2n) is 6.81. The molecule has 4 nitrogen and oxygen atoms in total. The highest BCUT2D eigenvalue weighted by Crippen LogP contribution is 2.39. The van der Waals surface area contributed by atoms with Crippen LogP contribution in [-0.4, -0.2) is 34.3 Å². The summed E-state index contributed by atoms with van der Waals surface area (Å²) in [6, 6.07) is 8.33. The van der Waals surface area contributed by atoms with Gasteiger partial charge in [0.2, 0.25) is 0 Å². The minimum atomic E-state index is -0.334. The Morgan fingerprint density at radius 1 is 1.23 bits per heavy atom. The Morgan fingerprint density at radius 2 is 1.86 bits per heavy atom. The zero-order valence-corrected chi connectivity index (χ0v) is 13.4. The fourth-order valence-electron chi connectivity index (χ4n) is 3.57.